The van der Waals surface area contributed by atoms with Crippen molar-refractivity contribution >= 4 is 34.7 Å². The molecule has 1 amide bonds. The van der Waals surface area contributed by atoms with Crippen molar-refractivity contribution < 1.29 is 14.7 Å². The van der Waals surface area contributed by atoms with Crippen molar-refractivity contribution in [3.05, 3.63) is 0 Å². The van der Waals surface area contributed by atoms with E-state index < -0.39 is 12.0 Å². The van der Waals surface area contributed by atoms with Gasteiger partial charge in [0, 0.05) is 6.92 Å². The van der Waals surface area contributed by atoms with Crippen molar-refractivity contribution in [1.82, 2.24) is 3.11 Å². The number of rotatable bonds is 4. The summed E-state index contributed by atoms with van der Waals surface area (Å²) < 4.78 is 1.24. The van der Waals surface area contributed by atoms with Gasteiger partial charge in [-0.25, -0.2) is 4.79 Å². The number of hydrogen-bond donors (Lipinski definition) is 1. The number of carboxylic acids is 1. The molecule has 0 saturated carbocycles. The molecule has 0 saturated heterocycles. The molecule has 0 heterocycles. The minimum Gasteiger partial charge on any atom is -0.480 e. The Hall–Kier alpha value is -0.330. The van der Waals surface area contributed by atoms with Crippen LogP contribution < -0.4 is 0 Å². The molecule has 0 spiro atoms. The van der Waals surface area contributed by atoms with Crippen LogP contribution in [-0.2, 0) is 9.59 Å². The average Bonchev–Trinajstić information content (AvgIpc) is 1.97. The molecule has 0 aromatic rings. The highest BCUT2D eigenvalue weighted by Crippen LogP contribution is 2.16. The third-order valence-corrected chi connectivity index (χ3v) is 2.91. The van der Waals surface area contributed by atoms with Crippen LogP contribution in [0.5, 0.6) is 0 Å². The van der Waals surface area contributed by atoms with E-state index in [2.05, 4.69) is 0 Å². The first-order chi connectivity index (χ1) is 5.86. The van der Waals surface area contributed by atoms with Gasteiger partial charge in [-0.1, -0.05) is 13.8 Å². The fourth-order valence-corrected chi connectivity index (χ4v) is 1.42. The highest BCUT2D eigenvalue weighted by atomic mass is 127. The normalized spacial score (nSPS) is 12.7. The Bertz CT molecular complexity index is 206. The molecule has 1 N–H and O–H groups in total. The molecule has 0 aliphatic carbocycles. The van der Waals surface area contributed by atoms with E-state index in [0.717, 1.165) is 0 Å². The second-order valence-corrected chi connectivity index (χ2v) is 4.35. The molecular formula is C8H14INO3. The minimum atomic E-state index is -0.946. The fourth-order valence-electron chi connectivity index (χ4n) is 0.956. The standard InChI is InChI=1S/C8H14INO3/c1-5(2)4-7(8(12)13)10(9)6(3)11/h5,7H,4H2,1-3H3,(H,12,13). The van der Waals surface area contributed by atoms with Crippen molar-refractivity contribution in [3.8, 4) is 0 Å². The van der Waals surface area contributed by atoms with E-state index >= 15 is 0 Å². The van der Waals surface area contributed by atoms with Crippen LogP contribution in [0.2, 0.25) is 0 Å². The highest BCUT2D eigenvalue weighted by Gasteiger charge is 2.26. The first-order valence-electron chi connectivity index (χ1n) is 4.04. The van der Waals surface area contributed by atoms with Gasteiger partial charge in [-0.15, -0.1) is 0 Å². The van der Waals surface area contributed by atoms with Gasteiger partial charge in [0.1, 0.15) is 6.04 Å². The summed E-state index contributed by atoms with van der Waals surface area (Å²) in [5.41, 5.74) is 0. The van der Waals surface area contributed by atoms with Crippen molar-refractivity contribution in [2.75, 3.05) is 0 Å². The number of hydrogen-bond acceptors (Lipinski definition) is 2. The van der Waals surface area contributed by atoms with Gasteiger partial charge in [-0.2, -0.15) is 0 Å². The molecule has 0 fully saturated rings. The molecule has 0 aromatic heterocycles. The Kier molecular flexibility index (Phi) is 5.27. The fraction of sp³-hybridized carbons (Fsp3) is 0.750. The van der Waals surface area contributed by atoms with Crippen molar-refractivity contribution in [3.63, 3.8) is 0 Å². The van der Waals surface area contributed by atoms with Gasteiger partial charge in [0.15, 0.2) is 0 Å². The number of amides is 1. The SMILES string of the molecule is CC(=O)N(I)C(CC(C)C)C(=O)O. The summed E-state index contributed by atoms with van der Waals surface area (Å²) in [5.74, 6) is -0.912. The van der Waals surface area contributed by atoms with Crippen LogP contribution in [0.15, 0.2) is 0 Å². The van der Waals surface area contributed by atoms with E-state index in [1.54, 1.807) is 22.9 Å². The molecule has 0 aliphatic heterocycles. The second-order valence-electron chi connectivity index (χ2n) is 3.31. The lowest BCUT2D eigenvalue weighted by molar-refractivity contribution is -0.145. The number of carbonyl (C=O) groups is 2. The summed E-state index contributed by atoms with van der Waals surface area (Å²) in [5, 5.41) is 8.84. The van der Waals surface area contributed by atoms with Crippen LogP contribution in [0, 0.1) is 5.92 Å². The van der Waals surface area contributed by atoms with Gasteiger partial charge in [0.2, 0.25) is 5.91 Å². The third-order valence-electron chi connectivity index (χ3n) is 1.55. The summed E-state index contributed by atoms with van der Waals surface area (Å²) in [6.45, 7) is 5.23. The molecular weight excluding hydrogens is 285 g/mol. The van der Waals surface area contributed by atoms with Crippen molar-refractivity contribution in [2.45, 2.75) is 33.2 Å². The molecule has 0 radical (unpaired) electrons. The summed E-state index contributed by atoms with van der Waals surface area (Å²) in [6, 6.07) is -0.710. The molecule has 0 rings (SSSR count). The number of carboxylic acid groups (broad SMARTS) is 1. The summed E-state index contributed by atoms with van der Waals surface area (Å²) in [7, 11) is 0. The van der Waals surface area contributed by atoms with Crippen LogP contribution >= 0.6 is 22.9 Å². The largest absolute Gasteiger partial charge is 0.480 e. The highest BCUT2D eigenvalue weighted by molar-refractivity contribution is 14.1. The monoisotopic (exact) mass is 299 g/mol. The van der Waals surface area contributed by atoms with Crippen LogP contribution in [0.1, 0.15) is 27.2 Å². The molecule has 0 bridgehead atoms. The van der Waals surface area contributed by atoms with Crippen LogP contribution in [0.3, 0.4) is 0 Å². The van der Waals surface area contributed by atoms with Crippen LogP contribution in [-0.4, -0.2) is 26.1 Å². The summed E-state index contributed by atoms with van der Waals surface area (Å²) >= 11 is 1.75. The quantitative estimate of drug-likeness (QED) is 0.635. The van der Waals surface area contributed by atoms with E-state index in [1.165, 1.54) is 10.0 Å². The molecule has 13 heavy (non-hydrogen) atoms. The van der Waals surface area contributed by atoms with Gasteiger partial charge in [0.05, 0.1) is 22.9 Å². The Balaban J connectivity index is 4.42. The summed E-state index contributed by atoms with van der Waals surface area (Å²) in [4.78, 5) is 21.7. The zero-order valence-electron chi connectivity index (χ0n) is 7.95. The molecule has 5 heteroatoms. The molecule has 0 aromatic carbocycles. The number of halogens is 1. The van der Waals surface area contributed by atoms with Crippen molar-refractivity contribution in [1.29, 1.82) is 0 Å². The van der Waals surface area contributed by atoms with E-state index in [4.69, 9.17) is 5.11 Å². The molecule has 1 atom stereocenters. The number of carbonyl (C=O) groups excluding carboxylic acids is 1. The lowest BCUT2D eigenvalue weighted by Crippen LogP contribution is -2.38. The smallest absolute Gasteiger partial charge is 0.327 e. The Morgan fingerprint density at radius 1 is 1.46 bits per heavy atom. The maximum atomic E-state index is 10.9. The van der Waals surface area contributed by atoms with E-state index in [0.29, 0.717) is 6.42 Å². The van der Waals surface area contributed by atoms with Crippen molar-refractivity contribution in [2.24, 2.45) is 5.92 Å². The minimum absolute atomic E-state index is 0.228. The number of nitrogens with zero attached hydrogens (tertiary/aromatic N) is 1. The van der Waals surface area contributed by atoms with E-state index in [1.807, 2.05) is 13.8 Å². The molecule has 76 valence electrons. The number of aliphatic carboxylic acids is 1. The topological polar surface area (TPSA) is 57.6 Å². The molecule has 1 unspecified atom stereocenters. The lowest BCUT2D eigenvalue weighted by atomic mass is 10.0. The van der Waals surface area contributed by atoms with Gasteiger partial charge < -0.3 is 5.11 Å². The van der Waals surface area contributed by atoms with Gasteiger partial charge >= 0.3 is 5.97 Å². The summed E-state index contributed by atoms with van der Waals surface area (Å²) in [6.07, 6.45) is 0.484. The molecule has 4 nitrogen and oxygen atoms in total. The zero-order valence-corrected chi connectivity index (χ0v) is 10.1. The van der Waals surface area contributed by atoms with Gasteiger partial charge in [-0.05, 0) is 12.3 Å². The Morgan fingerprint density at radius 3 is 2.15 bits per heavy atom. The predicted octanol–water partition coefficient (Wildman–Crippen LogP) is 1.68. The average molecular weight is 299 g/mol. The maximum Gasteiger partial charge on any atom is 0.327 e. The molecule has 0 aliphatic rings. The first-order valence-corrected chi connectivity index (χ1v) is 5.01. The Morgan fingerprint density at radius 2 is 1.92 bits per heavy atom. The maximum absolute atomic E-state index is 10.9. The van der Waals surface area contributed by atoms with Crippen LogP contribution in [0.4, 0.5) is 0 Å². The van der Waals surface area contributed by atoms with Gasteiger partial charge in [0.25, 0.3) is 0 Å². The lowest BCUT2D eigenvalue weighted by Gasteiger charge is -2.22. The van der Waals surface area contributed by atoms with E-state index in [-0.39, 0.29) is 11.8 Å². The first kappa shape index (κ1) is 12.7. The Labute approximate surface area is 91.8 Å². The van der Waals surface area contributed by atoms with Crippen LogP contribution in [0.25, 0.3) is 0 Å². The predicted molar refractivity (Wildman–Crippen MR) is 57.4 cm³/mol. The van der Waals surface area contributed by atoms with Gasteiger partial charge in [-0.3, -0.25) is 7.91 Å². The van der Waals surface area contributed by atoms with E-state index in [9.17, 15) is 9.59 Å². The third kappa shape index (κ3) is 4.44. The zero-order chi connectivity index (χ0) is 10.6. The second kappa shape index (κ2) is 5.41.